The molecule has 0 aliphatic rings. The fraction of sp³-hybridized carbons (Fsp3) is 0.0312. The van der Waals surface area contributed by atoms with E-state index in [2.05, 4.69) is 127 Å². The molecule has 0 atom stereocenters. The minimum atomic E-state index is 1.04. The summed E-state index contributed by atoms with van der Waals surface area (Å²) in [5, 5.41) is 12.7. The average Bonchev–Trinajstić information content (AvgIpc) is 3.25. The molecule has 0 saturated heterocycles. The zero-order chi connectivity index (χ0) is 22.6. The van der Waals surface area contributed by atoms with Crippen molar-refractivity contribution in [2.75, 3.05) is 0 Å². The molecule has 0 unspecified atom stereocenters. The zero-order valence-electron chi connectivity index (χ0n) is 18.9. The summed E-state index contributed by atoms with van der Waals surface area (Å²) in [5.74, 6) is 0. The molecule has 0 amide bonds. The van der Waals surface area contributed by atoms with E-state index < -0.39 is 0 Å². The van der Waals surface area contributed by atoms with Gasteiger partial charge in [-0.1, -0.05) is 103 Å². The first kappa shape index (κ1) is 19.1. The maximum atomic E-state index is 5.28. The highest BCUT2D eigenvalue weighted by molar-refractivity contribution is 6.14. The summed E-state index contributed by atoms with van der Waals surface area (Å²) >= 11 is 0. The first-order valence-corrected chi connectivity index (χ1v) is 11.7. The van der Waals surface area contributed by atoms with Crippen molar-refractivity contribution >= 4 is 37.8 Å². The molecular formula is C32H22N2. The van der Waals surface area contributed by atoms with E-state index in [1.165, 1.54) is 49.0 Å². The van der Waals surface area contributed by atoms with Crippen molar-refractivity contribution in [1.82, 2.24) is 9.61 Å². The van der Waals surface area contributed by atoms with E-state index in [9.17, 15) is 0 Å². The standard InChI is InChI=1S/C32H22N2/c1-21-31(29-19-23-13-5-7-15-25(23)27-17-9-10-18-28(27)29)33-34-30(22-11-3-2-4-12-22)20-24-14-6-8-16-26(24)32(21)34/h2-20H,1H3. The Morgan fingerprint density at radius 1 is 0.559 bits per heavy atom. The van der Waals surface area contributed by atoms with Gasteiger partial charge in [-0.15, -0.1) is 0 Å². The van der Waals surface area contributed by atoms with E-state index in [4.69, 9.17) is 5.10 Å². The summed E-state index contributed by atoms with van der Waals surface area (Å²) in [7, 11) is 0. The van der Waals surface area contributed by atoms with Crippen LogP contribution in [0.5, 0.6) is 0 Å². The highest BCUT2D eigenvalue weighted by atomic mass is 15.2. The predicted octanol–water partition coefficient (Wildman–Crippen LogP) is 8.44. The van der Waals surface area contributed by atoms with Crippen LogP contribution in [0.25, 0.3) is 60.3 Å². The van der Waals surface area contributed by atoms with E-state index in [0.717, 1.165) is 17.0 Å². The van der Waals surface area contributed by atoms with Crippen LogP contribution in [0.1, 0.15) is 5.56 Å². The smallest absolute Gasteiger partial charge is 0.0969 e. The molecule has 7 rings (SSSR count). The van der Waals surface area contributed by atoms with Gasteiger partial charge in [0.05, 0.1) is 16.9 Å². The minimum Gasteiger partial charge on any atom is -0.232 e. The van der Waals surface area contributed by atoms with Gasteiger partial charge in [-0.05, 0) is 46.0 Å². The van der Waals surface area contributed by atoms with Crippen LogP contribution in [0.3, 0.4) is 0 Å². The molecule has 2 heterocycles. The minimum absolute atomic E-state index is 1.04. The van der Waals surface area contributed by atoms with Gasteiger partial charge in [-0.2, -0.15) is 5.10 Å². The Labute approximate surface area is 197 Å². The summed E-state index contributed by atoms with van der Waals surface area (Å²) in [5.41, 5.74) is 6.86. The SMILES string of the molecule is Cc1c(-c2cc3ccccc3c3ccccc23)nn2c(-c3ccccc3)cc3ccccc3c12. The first-order valence-electron chi connectivity index (χ1n) is 11.7. The lowest BCUT2D eigenvalue weighted by atomic mass is 9.94. The number of aryl methyl sites for hydroxylation is 1. The lowest BCUT2D eigenvalue weighted by Crippen LogP contribution is -1.95. The maximum Gasteiger partial charge on any atom is 0.0969 e. The van der Waals surface area contributed by atoms with Crippen LogP contribution in [0.2, 0.25) is 0 Å². The number of hydrogen-bond acceptors (Lipinski definition) is 1. The molecule has 0 N–H and O–H groups in total. The Kier molecular flexibility index (Phi) is 4.09. The van der Waals surface area contributed by atoms with E-state index in [1.807, 2.05) is 0 Å². The van der Waals surface area contributed by atoms with E-state index in [1.54, 1.807) is 0 Å². The molecule has 0 fully saturated rings. The van der Waals surface area contributed by atoms with Gasteiger partial charge in [0.2, 0.25) is 0 Å². The van der Waals surface area contributed by atoms with Crippen LogP contribution < -0.4 is 0 Å². The predicted molar refractivity (Wildman–Crippen MR) is 143 cm³/mol. The third kappa shape index (κ3) is 2.72. The third-order valence-corrected chi connectivity index (χ3v) is 6.95. The van der Waals surface area contributed by atoms with E-state index in [-0.39, 0.29) is 0 Å². The summed E-state index contributed by atoms with van der Waals surface area (Å²) in [4.78, 5) is 0. The van der Waals surface area contributed by atoms with Crippen molar-refractivity contribution in [3.63, 3.8) is 0 Å². The van der Waals surface area contributed by atoms with Crippen LogP contribution in [0.4, 0.5) is 0 Å². The van der Waals surface area contributed by atoms with Crippen molar-refractivity contribution in [3.05, 3.63) is 121 Å². The monoisotopic (exact) mass is 434 g/mol. The van der Waals surface area contributed by atoms with E-state index >= 15 is 0 Å². The molecule has 0 bridgehead atoms. The van der Waals surface area contributed by atoms with Crippen LogP contribution in [0, 0.1) is 6.92 Å². The van der Waals surface area contributed by atoms with Crippen LogP contribution in [-0.2, 0) is 0 Å². The lowest BCUT2D eigenvalue weighted by Gasteiger charge is -2.09. The molecule has 5 aromatic carbocycles. The largest absolute Gasteiger partial charge is 0.232 e. The number of nitrogens with zero attached hydrogens (tertiary/aromatic N) is 2. The van der Waals surface area contributed by atoms with Gasteiger partial charge >= 0.3 is 0 Å². The summed E-state index contributed by atoms with van der Waals surface area (Å²) in [6.07, 6.45) is 0. The molecule has 0 spiro atoms. The Balaban J connectivity index is 1.64. The molecule has 7 aromatic rings. The molecule has 2 nitrogen and oxygen atoms in total. The van der Waals surface area contributed by atoms with Crippen molar-refractivity contribution < 1.29 is 0 Å². The van der Waals surface area contributed by atoms with Gasteiger partial charge in [-0.25, -0.2) is 4.52 Å². The van der Waals surface area contributed by atoms with Gasteiger partial charge in [0.25, 0.3) is 0 Å². The molecular weight excluding hydrogens is 412 g/mol. The Morgan fingerprint density at radius 3 is 1.91 bits per heavy atom. The topological polar surface area (TPSA) is 17.3 Å². The van der Waals surface area contributed by atoms with Gasteiger partial charge < -0.3 is 0 Å². The zero-order valence-corrected chi connectivity index (χ0v) is 18.9. The maximum absolute atomic E-state index is 5.28. The molecule has 0 saturated carbocycles. The van der Waals surface area contributed by atoms with Crippen LogP contribution in [0.15, 0.2) is 115 Å². The summed E-state index contributed by atoms with van der Waals surface area (Å²) in [6, 6.07) is 41.0. The molecule has 0 radical (unpaired) electrons. The molecule has 2 aromatic heterocycles. The van der Waals surface area contributed by atoms with Gasteiger partial charge in [-0.3, -0.25) is 0 Å². The molecule has 0 aliphatic carbocycles. The second-order valence-electron chi connectivity index (χ2n) is 8.91. The lowest BCUT2D eigenvalue weighted by molar-refractivity contribution is 0.980. The second-order valence-corrected chi connectivity index (χ2v) is 8.91. The quantitative estimate of drug-likeness (QED) is 0.250. The summed E-state index contributed by atoms with van der Waals surface area (Å²) in [6.45, 7) is 2.21. The Bertz CT molecular complexity index is 1860. The van der Waals surface area contributed by atoms with Crippen molar-refractivity contribution in [1.29, 1.82) is 0 Å². The van der Waals surface area contributed by atoms with Crippen molar-refractivity contribution in [3.8, 4) is 22.5 Å². The number of rotatable bonds is 2. The van der Waals surface area contributed by atoms with Gasteiger partial charge in [0, 0.05) is 22.1 Å². The molecule has 34 heavy (non-hydrogen) atoms. The van der Waals surface area contributed by atoms with Gasteiger partial charge in [0.1, 0.15) is 0 Å². The highest BCUT2D eigenvalue weighted by Gasteiger charge is 2.19. The van der Waals surface area contributed by atoms with Crippen LogP contribution in [-0.4, -0.2) is 9.61 Å². The summed E-state index contributed by atoms with van der Waals surface area (Å²) < 4.78 is 2.15. The second kappa shape index (κ2) is 7.29. The Hall–Kier alpha value is -4.43. The number of aromatic nitrogens is 2. The van der Waals surface area contributed by atoms with Gasteiger partial charge in [0.15, 0.2) is 0 Å². The normalized spacial score (nSPS) is 11.7. The molecule has 0 aliphatic heterocycles. The number of benzene rings is 5. The average molecular weight is 435 g/mol. The third-order valence-electron chi connectivity index (χ3n) is 6.95. The van der Waals surface area contributed by atoms with E-state index in [0.29, 0.717) is 0 Å². The fourth-order valence-electron chi connectivity index (χ4n) is 5.35. The molecule has 160 valence electrons. The number of hydrogen-bond donors (Lipinski definition) is 0. The number of fused-ring (bicyclic) bond motifs is 6. The molecule has 2 heteroatoms. The highest BCUT2D eigenvalue weighted by Crippen LogP contribution is 2.39. The van der Waals surface area contributed by atoms with Crippen molar-refractivity contribution in [2.24, 2.45) is 0 Å². The first-order chi connectivity index (χ1) is 16.8. The fourth-order valence-corrected chi connectivity index (χ4v) is 5.35. The Morgan fingerprint density at radius 2 is 1.15 bits per heavy atom. The number of pyridine rings is 1. The van der Waals surface area contributed by atoms with Crippen LogP contribution >= 0.6 is 0 Å². The van der Waals surface area contributed by atoms with Crippen molar-refractivity contribution in [2.45, 2.75) is 6.92 Å².